The second kappa shape index (κ2) is 6.40. The van der Waals surface area contributed by atoms with E-state index in [1.807, 2.05) is 18.2 Å². The van der Waals surface area contributed by atoms with Crippen molar-refractivity contribution in [2.45, 2.75) is 27.3 Å². The lowest BCUT2D eigenvalue weighted by Crippen LogP contribution is -2.28. The Balaban J connectivity index is 2.82. The van der Waals surface area contributed by atoms with Gasteiger partial charge < -0.3 is 5.73 Å². The fraction of sp³-hybridized carbons (Fsp3) is 0.500. The maximum atomic E-state index is 7.58. The van der Waals surface area contributed by atoms with Crippen LogP contribution in [-0.2, 0) is 6.54 Å². The van der Waals surface area contributed by atoms with E-state index in [-0.39, 0.29) is 5.84 Å². The van der Waals surface area contributed by atoms with Crippen LogP contribution in [0.2, 0.25) is 0 Å². The molecule has 0 aromatic heterocycles. The van der Waals surface area contributed by atoms with Gasteiger partial charge in [0.1, 0.15) is 5.84 Å². The first-order valence-corrected chi connectivity index (χ1v) is 6.19. The molecule has 1 aromatic rings. The minimum atomic E-state index is 0.154. The van der Waals surface area contributed by atoms with Crippen molar-refractivity contribution in [3.8, 4) is 0 Å². The third-order valence-corrected chi connectivity index (χ3v) is 2.77. The van der Waals surface area contributed by atoms with Gasteiger partial charge in [-0.15, -0.1) is 0 Å². The largest absolute Gasteiger partial charge is 0.384 e. The molecule has 1 aromatic carbocycles. The highest BCUT2D eigenvalue weighted by atomic mass is 15.1. The van der Waals surface area contributed by atoms with E-state index in [2.05, 4.69) is 31.7 Å². The van der Waals surface area contributed by atoms with Gasteiger partial charge in [0.05, 0.1) is 0 Å². The minimum Gasteiger partial charge on any atom is -0.384 e. The topological polar surface area (TPSA) is 53.1 Å². The second-order valence-electron chi connectivity index (χ2n) is 4.79. The fourth-order valence-electron chi connectivity index (χ4n) is 1.98. The number of nitrogens with one attached hydrogen (secondary N) is 1. The van der Waals surface area contributed by atoms with Crippen LogP contribution in [0.5, 0.6) is 0 Å². The highest BCUT2D eigenvalue weighted by molar-refractivity contribution is 5.96. The Hall–Kier alpha value is -1.35. The van der Waals surface area contributed by atoms with Crippen molar-refractivity contribution >= 4 is 5.84 Å². The summed E-state index contributed by atoms with van der Waals surface area (Å²) in [4.78, 5) is 2.38. The van der Waals surface area contributed by atoms with Crippen LogP contribution in [0.4, 0.5) is 0 Å². The average Bonchev–Trinajstić information content (AvgIpc) is 2.28. The molecule has 0 atom stereocenters. The summed E-state index contributed by atoms with van der Waals surface area (Å²) in [7, 11) is 0. The first-order valence-electron chi connectivity index (χ1n) is 6.19. The first-order chi connectivity index (χ1) is 8.04. The summed E-state index contributed by atoms with van der Waals surface area (Å²) >= 11 is 0. The zero-order valence-electron chi connectivity index (χ0n) is 11.0. The van der Waals surface area contributed by atoms with E-state index in [4.69, 9.17) is 11.1 Å². The zero-order valence-corrected chi connectivity index (χ0v) is 11.0. The predicted molar refractivity (Wildman–Crippen MR) is 73.2 cm³/mol. The Bertz CT molecular complexity index is 371. The average molecular weight is 233 g/mol. The Labute approximate surface area is 104 Å². The molecule has 0 saturated carbocycles. The molecule has 0 amide bonds. The lowest BCUT2D eigenvalue weighted by Gasteiger charge is -2.23. The van der Waals surface area contributed by atoms with Gasteiger partial charge in [-0.3, -0.25) is 10.3 Å². The van der Waals surface area contributed by atoms with Crippen molar-refractivity contribution in [3.05, 3.63) is 35.4 Å². The van der Waals surface area contributed by atoms with E-state index < -0.39 is 0 Å². The SMILES string of the molecule is CCN(Cc1ccccc1C(=N)N)CC(C)C. The van der Waals surface area contributed by atoms with Crippen LogP contribution in [0, 0.1) is 11.3 Å². The van der Waals surface area contributed by atoms with Crippen LogP contribution in [0.3, 0.4) is 0 Å². The molecule has 0 radical (unpaired) electrons. The van der Waals surface area contributed by atoms with E-state index in [1.165, 1.54) is 0 Å². The van der Waals surface area contributed by atoms with Gasteiger partial charge in [0, 0.05) is 18.7 Å². The Kier molecular flexibility index (Phi) is 5.16. The molecular weight excluding hydrogens is 210 g/mol. The van der Waals surface area contributed by atoms with Crippen LogP contribution >= 0.6 is 0 Å². The first kappa shape index (κ1) is 13.7. The van der Waals surface area contributed by atoms with Crippen LogP contribution in [0.25, 0.3) is 0 Å². The van der Waals surface area contributed by atoms with Gasteiger partial charge in [-0.05, 0) is 18.0 Å². The predicted octanol–water partition coefficient (Wildman–Crippen LogP) is 2.45. The number of hydrogen-bond acceptors (Lipinski definition) is 2. The molecule has 0 saturated heterocycles. The molecule has 3 heteroatoms. The molecule has 0 fully saturated rings. The van der Waals surface area contributed by atoms with E-state index in [1.54, 1.807) is 0 Å². The van der Waals surface area contributed by atoms with Gasteiger partial charge in [0.15, 0.2) is 0 Å². The van der Waals surface area contributed by atoms with Gasteiger partial charge in [-0.2, -0.15) is 0 Å². The molecule has 0 aliphatic rings. The maximum Gasteiger partial charge on any atom is 0.123 e. The van der Waals surface area contributed by atoms with Gasteiger partial charge in [-0.1, -0.05) is 45.0 Å². The van der Waals surface area contributed by atoms with Crippen LogP contribution in [0.15, 0.2) is 24.3 Å². The van der Waals surface area contributed by atoms with Gasteiger partial charge in [-0.25, -0.2) is 0 Å². The summed E-state index contributed by atoms with van der Waals surface area (Å²) in [5, 5.41) is 7.58. The molecular formula is C14H23N3. The van der Waals surface area contributed by atoms with Crippen molar-refractivity contribution in [1.82, 2.24) is 4.90 Å². The number of rotatable bonds is 6. The zero-order chi connectivity index (χ0) is 12.8. The molecule has 0 aliphatic heterocycles. The highest BCUT2D eigenvalue weighted by Gasteiger charge is 2.10. The number of benzene rings is 1. The lowest BCUT2D eigenvalue weighted by atomic mass is 10.1. The standard InChI is InChI=1S/C14H23N3/c1-4-17(9-11(2)3)10-12-7-5-6-8-13(12)14(15)16/h5-8,11H,4,9-10H2,1-3H3,(H3,15,16). The number of nitrogen functional groups attached to an aromatic ring is 1. The molecule has 1 rings (SSSR count). The number of hydrogen-bond donors (Lipinski definition) is 2. The smallest absolute Gasteiger partial charge is 0.123 e. The van der Waals surface area contributed by atoms with Crippen LogP contribution in [-0.4, -0.2) is 23.8 Å². The summed E-state index contributed by atoms with van der Waals surface area (Å²) < 4.78 is 0. The summed E-state index contributed by atoms with van der Waals surface area (Å²) in [5.74, 6) is 0.806. The minimum absolute atomic E-state index is 0.154. The normalized spacial score (nSPS) is 11.1. The monoisotopic (exact) mass is 233 g/mol. The van der Waals surface area contributed by atoms with E-state index in [0.717, 1.165) is 30.8 Å². The van der Waals surface area contributed by atoms with Crippen LogP contribution in [0.1, 0.15) is 31.9 Å². The molecule has 17 heavy (non-hydrogen) atoms. The quantitative estimate of drug-likeness (QED) is 0.586. The fourth-order valence-corrected chi connectivity index (χ4v) is 1.98. The molecule has 0 spiro atoms. The summed E-state index contributed by atoms with van der Waals surface area (Å²) in [5.41, 5.74) is 7.60. The second-order valence-corrected chi connectivity index (χ2v) is 4.79. The molecule has 0 unspecified atom stereocenters. The Morgan fingerprint density at radius 3 is 2.53 bits per heavy atom. The van der Waals surface area contributed by atoms with Gasteiger partial charge in [0.25, 0.3) is 0 Å². The summed E-state index contributed by atoms with van der Waals surface area (Å²) in [6, 6.07) is 7.91. The highest BCUT2D eigenvalue weighted by Crippen LogP contribution is 2.12. The molecule has 0 bridgehead atoms. The number of nitrogens with two attached hydrogens (primary N) is 1. The van der Waals surface area contributed by atoms with Crippen molar-refractivity contribution in [3.63, 3.8) is 0 Å². The molecule has 3 nitrogen and oxygen atoms in total. The third kappa shape index (κ3) is 4.19. The molecule has 0 heterocycles. The van der Waals surface area contributed by atoms with E-state index >= 15 is 0 Å². The van der Waals surface area contributed by atoms with Crippen molar-refractivity contribution in [1.29, 1.82) is 5.41 Å². The number of nitrogens with zero attached hydrogens (tertiary/aromatic N) is 1. The number of amidine groups is 1. The Morgan fingerprint density at radius 1 is 1.35 bits per heavy atom. The summed E-state index contributed by atoms with van der Waals surface area (Å²) in [6.07, 6.45) is 0. The van der Waals surface area contributed by atoms with Crippen LogP contribution < -0.4 is 5.73 Å². The van der Waals surface area contributed by atoms with E-state index in [0.29, 0.717) is 5.92 Å². The molecule has 94 valence electrons. The van der Waals surface area contributed by atoms with E-state index in [9.17, 15) is 0 Å². The molecule has 0 aliphatic carbocycles. The van der Waals surface area contributed by atoms with Crippen molar-refractivity contribution in [2.75, 3.05) is 13.1 Å². The maximum absolute atomic E-state index is 7.58. The molecule has 3 N–H and O–H groups in total. The van der Waals surface area contributed by atoms with Gasteiger partial charge >= 0.3 is 0 Å². The van der Waals surface area contributed by atoms with Gasteiger partial charge in [0.2, 0.25) is 0 Å². The Morgan fingerprint density at radius 2 is 2.00 bits per heavy atom. The van der Waals surface area contributed by atoms with Crippen molar-refractivity contribution < 1.29 is 0 Å². The third-order valence-electron chi connectivity index (χ3n) is 2.77. The lowest BCUT2D eigenvalue weighted by molar-refractivity contribution is 0.248. The van der Waals surface area contributed by atoms with Crippen molar-refractivity contribution in [2.24, 2.45) is 11.7 Å². The summed E-state index contributed by atoms with van der Waals surface area (Å²) in [6.45, 7) is 9.56.